The van der Waals surface area contributed by atoms with Gasteiger partial charge in [0.1, 0.15) is 5.54 Å². The van der Waals surface area contributed by atoms with Crippen LogP contribution >= 0.6 is 0 Å². The third kappa shape index (κ3) is 5.41. The highest BCUT2D eigenvalue weighted by Crippen LogP contribution is 2.22. The molecule has 2 unspecified atom stereocenters. The Labute approximate surface area is 124 Å². The molecule has 0 aromatic heterocycles. The smallest absolute Gasteiger partial charge is 0.238 e. The van der Waals surface area contributed by atoms with Crippen molar-refractivity contribution < 1.29 is 4.79 Å². The number of hydrogen-bond acceptors (Lipinski definition) is 3. The minimum atomic E-state index is -0.597. The summed E-state index contributed by atoms with van der Waals surface area (Å²) >= 11 is 0. The average Bonchev–Trinajstić information content (AvgIpc) is 2.62. The molecule has 0 radical (unpaired) electrons. The highest BCUT2D eigenvalue weighted by atomic mass is 16.1. The van der Waals surface area contributed by atoms with Crippen molar-refractivity contribution in [3.63, 3.8) is 0 Å². The molecule has 0 bridgehead atoms. The van der Waals surface area contributed by atoms with Gasteiger partial charge >= 0.3 is 0 Å². The van der Waals surface area contributed by atoms with E-state index < -0.39 is 5.54 Å². The van der Waals surface area contributed by atoms with Crippen molar-refractivity contribution >= 4 is 5.91 Å². The predicted octanol–water partition coefficient (Wildman–Crippen LogP) is 2.13. The number of rotatable bonds is 8. The summed E-state index contributed by atoms with van der Waals surface area (Å²) in [5, 5.41) is 3.33. The van der Waals surface area contributed by atoms with Gasteiger partial charge in [0, 0.05) is 6.54 Å². The van der Waals surface area contributed by atoms with Crippen LogP contribution in [0, 0.1) is 5.92 Å². The highest BCUT2D eigenvalue weighted by molar-refractivity contribution is 5.84. The van der Waals surface area contributed by atoms with Crippen LogP contribution in [0.5, 0.6) is 0 Å². The van der Waals surface area contributed by atoms with Crippen molar-refractivity contribution in [1.29, 1.82) is 0 Å². The molecule has 1 rings (SSSR count). The Morgan fingerprint density at radius 3 is 2.65 bits per heavy atom. The molecular weight excluding hydrogens is 250 g/mol. The fraction of sp³-hybridized carbons (Fsp3) is 0.938. The molecule has 20 heavy (non-hydrogen) atoms. The van der Waals surface area contributed by atoms with Gasteiger partial charge in [0.15, 0.2) is 0 Å². The quantitative estimate of drug-likeness (QED) is 0.717. The zero-order chi connectivity index (χ0) is 15.0. The largest absolute Gasteiger partial charge is 0.368 e. The Morgan fingerprint density at radius 1 is 1.30 bits per heavy atom. The monoisotopic (exact) mass is 283 g/mol. The Bertz CT molecular complexity index is 295. The first kappa shape index (κ1) is 17.4. The molecule has 1 saturated heterocycles. The van der Waals surface area contributed by atoms with Crippen molar-refractivity contribution in [2.45, 2.75) is 64.8 Å². The second kappa shape index (κ2) is 8.63. The van der Waals surface area contributed by atoms with Gasteiger partial charge in [-0.2, -0.15) is 0 Å². The summed E-state index contributed by atoms with van der Waals surface area (Å²) in [6.07, 6.45) is 7.47. The topological polar surface area (TPSA) is 58.4 Å². The van der Waals surface area contributed by atoms with Crippen LogP contribution in [0.25, 0.3) is 0 Å². The normalized spacial score (nSPS) is 24.1. The van der Waals surface area contributed by atoms with E-state index in [1.807, 2.05) is 6.92 Å². The van der Waals surface area contributed by atoms with E-state index >= 15 is 0 Å². The second-order valence-corrected chi connectivity index (χ2v) is 6.48. The number of nitrogens with two attached hydrogens (primary N) is 1. The van der Waals surface area contributed by atoms with Crippen molar-refractivity contribution in [2.75, 3.05) is 26.2 Å². The van der Waals surface area contributed by atoms with Crippen LogP contribution in [-0.2, 0) is 4.79 Å². The summed E-state index contributed by atoms with van der Waals surface area (Å²) in [4.78, 5) is 14.2. The minimum Gasteiger partial charge on any atom is -0.368 e. The lowest BCUT2D eigenvalue weighted by molar-refractivity contribution is -0.124. The first-order valence-electron chi connectivity index (χ1n) is 8.29. The number of carbonyl (C=O) groups excluding carboxylic acids is 1. The van der Waals surface area contributed by atoms with Crippen molar-refractivity contribution in [3.05, 3.63) is 0 Å². The average molecular weight is 283 g/mol. The maximum atomic E-state index is 11.8. The van der Waals surface area contributed by atoms with Crippen LogP contribution in [0.1, 0.15) is 59.3 Å². The molecule has 2 atom stereocenters. The molecule has 0 spiro atoms. The van der Waals surface area contributed by atoms with Gasteiger partial charge in [0.2, 0.25) is 5.91 Å². The van der Waals surface area contributed by atoms with Crippen LogP contribution in [0.3, 0.4) is 0 Å². The standard InChI is InChI=1S/C16H33N3O/c1-4-7-14-8-6-11-19(12-9-14)13-16(3,15(17)20)18-10-5-2/h14,18H,4-13H2,1-3H3,(H2,17,20). The third-order valence-electron chi connectivity index (χ3n) is 4.49. The van der Waals surface area contributed by atoms with Crippen LogP contribution < -0.4 is 11.1 Å². The lowest BCUT2D eigenvalue weighted by atomic mass is 9.96. The first-order valence-corrected chi connectivity index (χ1v) is 8.29. The molecule has 0 aliphatic carbocycles. The van der Waals surface area contributed by atoms with E-state index in [1.54, 1.807) is 0 Å². The van der Waals surface area contributed by atoms with Gasteiger partial charge in [-0.3, -0.25) is 4.79 Å². The van der Waals surface area contributed by atoms with Crippen molar-refractivity contribution in [2.24, 2.45) is 11.7 Å². The van der Waals surface area contributed by atoms with E-state index in [1.165, 1.54) is 32.1 Å². The lowest BCUT2D eigenvalue weighted by Crippen LogP contribution is -2.59. The minimum absolute atomic E-state index is 0.236. The van der Waals surface area contributed by atoms with E-state index in [0.717, 1.165) is 38.5 Å². The molecule has 1 heterocycles. The number of nitrogens with one attached hydrogen (secondary N) is 1. The number of likely N-dealkylation sites (tertiary alicyclic amines) is 1. The summed E-state index contributed by atoms with van der Waals surface area (Å²) in [6.45, 7) is 10.1. The zero-order valence-electron chi connectivity index (χ0n) is 13.6. The van der Waals surface area contributed by atoms with Gasteiger partial charge < -0.3 is 16.0 Å². The van der Waals surface area contributed by atoms with Crippen molar-refractivity contribution in [1.82, 2.24) is 10.2 Å². The molecular formula is C16H33N3O. The maximum Gasteiger partial charge on any atom is 0.238 e. The molecule has 0 aromatic rings. The summed E-state index contributed by atoms with van der Waals surface area (Å²) in [5.74, 6) is 0.633. The molecule has 0 aromatic carbocycles. The van der Waals surface area contributed by atoms with E-state index in [2.05, 4.69) is 24.1 Å². The van der Waals surface area contributed by atoms with Gasteiger partial charge in [-0.25, -0.2) is 0 Å². The summed E-state index contributed by atoms with van der Waals surface area (Å²) in [6, 6.07) is 0. The fourth-order valence-corrected chi connectivity index (χ4v) is 3.15. The molecule has 1 amide bonds. The zero-order valence-corrected chi connectivity index (χ0v) is 13.6. The Kier molecular flexibility index (Phi) is 7.52. The number of carbonyl (C=O) groups is 1. The van der Waals surface area contributed by atoms with E-state index in [-0.39, 0.29) is 5.91 Å². The Morgan fingerprint density at radius 2 is 2.05 bits per heavy atom. The van der Waals surface area contributed by atoms with E-state index in [0.29, 0.717) is 0 Å². The molecule has 1 fully saturated rings. The maximum absolute atomic E-state index is 11.8. The summed E-state index contributed by atoms with van der Waals surface area (Å²) in [5.41, 5.74) is 5.02. The first-order chi connectivity index (χ1) is 9.51. The van der Waals surface area contributed by atoms with Gasteiger partial charge in [0.25, 0.3) is 0 Å². The summed E-state index contributed by atoms with van der Waals surface area (Å²) < 4.78 is 0. The van der Waals surface area contributed by atoms with Crippen LogP contribution in [-0.4, -0.2) is 42.5 Å². The molecule has 3 N–H and O–H groups in total. The predicted molar refractivity (Wildman–Crippen MR) is 84.6 cm³/mol. The molecule has 4 nitrogen and oxygen atoms in total. The SMILES string of the molecule is CCCNC(C)(CN1CCCC(CCC)CC1)C(N)=O. The van der Waals surface area contributed by atoms with Gasteiger partial charge in [-0.15, -0.1) is 0 Å². The number of amides is 1. The molecule has 4 heteroatoms. The van der Waals surface area contributed by atoms with Gasteiger partial charge in [-0.1, -0.05) is 26.7 Å². The van der Waals surface area contributed by atoms with Crippen LogP contribution in [0.2, 0.25) is 0 Å². The molecule has 0 saturated carbocycles. The highest BCUT2D eigenvalue weighted by Gasteiger charge is 2.33. The van der Waals surface area contributed by atoms with Crippen molar-refractivity contribution in [3.8, 4) is 0 Å². The summed E-state index contributed by atoms with van der Waals surface area (Å²) in [7, 11) is 0. The fourth-order valence-electron chi connectivity index (χ4n) is 3.15. The van der Waals surface area contributed by atoms with Gasteiger partial charge in [0.05, 0.1) is 0 Å². The van der Waals surface area contributed by atoms with E-state index in [9.17, 15) is 4.79 Å². The molecule has 118 valence electrons. The van der Waals surface area contributed by atoms with Crippen LogP contribution in [0.4, 0.5) is 0 Å². The lowest BCUT2D eigenvalue weighted by Gasteiger charge is -2.33. The Hall–Kier alpha value is -0.610. The van der Waals surface area contributed by atoms with E-state index in [4.69, 9.17) is 5.73 Å². The van der Waals surface area contributed by atoms with Crippen LogP contribution in [0.15, 0.2) is 0 Å². The Balaban J connectivity index is 2.53. The molecule has 1 aliphatic rings. The number of primary amides is 1. The number of hydrogen-bond donors (Lipinski definition) is 2. The number of nitrogens with zero attached hydrogens (tertiary/aromatic N) is 1. The molecule has 1 aliphatic heterocycles. The van der Waals surface area contributed by atoms with Gasteiger partial charge in [-0.05, 0) is 58.2 Å². The third-order valence-corrected chi connectivity index (χ3v) is 4.49. The second-order valence-electron chi connectivity index (χ2n) is 6.48.